The molecule has 0 spiro atoms. The van der Waals surface area contributed by atoms with Crippen molar-refractivity contribution in [3.63, 3.8) is 0 Å². The lowest BCUT2D eigenvalue weighted by atomic mass is 10.1. The highest BCUT2D eigenvalue weighted by atomic mass is 19.4. The molecule has 1 aromatic carbocycles. The predicted molar refractivity (Wildman–Crippen MR) is 113 cm³/mol. The number of carbonyl (C=O) groups excluding carboxylic acids is 1. The number of nitrogens with one attached hydrogen (secondary N) is 1. The lowest BCUT2D eigenvalue weighted by Gasteiger charge is -2.28. The number of benzene rings is 1. The van der Waals surface area contributed by atoms with Crippen molar-refractivity contribution >= 4 is 5.91 Å². The summed E-state index contributed by atoms with van der Waals surface area (Å²) in [6.07, 6.45) is -1.84. The van der Waals surface area contributed by atoms with E-state index in [1.807, 2.05) is 30.3 Å². The van der Waals surface area contributed by atoms with Crippen molar-refractivity contribution in [1.29, 1.82) is 0 Å². The lowest BCUT2D eigenvalue weighted by Crippen LogP contribution is -2.37. The maximum atomic E-state index is 13.9. The van der Waals surface area contributed by atoms with Gasteiger partial charge in [-0.25, -0.2) is 4.68 Å². The number of hydrogen-bond acceptors (Lipinski definition) is 6. The molecule has 1 aliphatic heterocycles. The highest BCUT2D eigenvalue weighted by Crippen LogP contribution is 2.33. The zero-order valence-corrected chi connectivity index (χ0v) is 17.9. The van der Waals surface area contributed by atoms with Gasteiger partial charge in [0.2, 0.25) is 5.88 Å². The summed E-state index contributed by atoms with van der Waals surface area (Å²) >= 11 is 0. The number of hydrogen-bond donors (Lipinski definition) is 1. The van der Waals surface area contributed by atoms with Gasteiger partial charge in [-0.3, -0.25) is 9.69 Å². The van der Waals surface area contributed by atoms with Crippen molar-refractivity contribution in [2.24, 2.45) is 0 Å². The molecule has 1 N–H and O–H groups in total. The highest BCUT2D eigenvalue weighted by molar-refractivity contribution is 5.95. The molecule has 3 heterocycles. The molecule has 3 aromatic rings. The van der Waals surface area contributed by atoms with Gasteiger partial charge in [-0.05, 0) is 37.6 Å². The summed E-state index contributed by atoms with van der Waals surface area (Å²) in [5.74, 6) is -0.886. The zero-order valence-electron chi connectivity index (χ0n) is 17.9. The third-order valence-electron chi connectivity index (χ3n) is 5.56. The molecular weight excluding hydrogens is 437 g/mol. The first kappa shape index (κ1) is 22.7. The standard InChI is InChI=1S/C22H23F3N6O2/c1-33-19-10-9-18(28-29-19)31-20(22(23,24)25)16(13-27-31)21(32)26-14-17(30-11-5-6-12-30)15-7-3-2-4-8-15/h2-4,7-10,13,17H,5-6,11-12,14H2,1H3,(H,26,32)/t17-/m1/s1. The Morgan fingerprint density at radius 1 is 1.12 bits per heavy atom. The van der Waals surface area contributed by atoms with Gasteiger partial charge in [0, 0.05) is 12.6 Å². The predicted octanol–water partition coefficient (Wildman–Crippen LogP) is 3.26. The van der Waals surface area contributed by atoms with E-state index in [0.717, 1.165) is 37.7 Å². The number of halogens is 3. The molecule has 0 aliphatic carbocycles. The molecule has 8 nitrogen and oxygen atoms in total. The number of methoxy groups -OCH3 is 1. The molecule has 2 aromatic heterocycles. The third-order valence-corrected chi connectivity index (χ3v) is 5.56. The Hall–Kier alpha value is -3.47. The van der Waals surface area contributed by atoms with Crippen molar-refractivity contribution in [3.8, 4) is 11.7 Å². The summed E-state index contributed by atoms with van der Waals surface area (Å²) in [5, 5.41) is 13.9. The van der Waals surface area contributed by atoms with E-state index in [1.165, 1.54) is 19.2 Å². The van der Waals surface area contributed by atoms with E-state index in [1.54, 1.807) is 0 Å². The number of ether oxygens (including phenoxy) is 1. The van der Waals surface area contributed by atoms with E-state index in [4.69, 9.17) is 4.74 Å². The Balaban J connectivity index is 1.59. The number of aromatic nitrogens is 4. The maximum Gasteiger partial charge on any atom is 0.434 e. The molecule has 1 fully saturated rings. The monoisotopic (exact) mass is 460 g/mol. The number of alkyl halides is 3. The molecule has 174 valence electrons. The Morgan fingerprint density at radius 3 is 2.45 bits per heavy atom. The summed E-state index contributed by atoms with van der Waals surface area (Å²) in [6, 6.07) is 12.1. The molecule has 1 amide bonds. The number of carbonyl (C=O) groups is 1. The fourth-order valence-electron chi connectivity index (χ4n) is 3.97. The van der Waals surface area contributed by atoms with Gasteiger partial charge < -0.3 is 10.1 Å². The number of rotatable bonds is 7. The van der Waals surface area contributed by atoms with Gasteiger partial charge in [0.05, 0.1) is 24.9 Å². The van der Waals surface area contributed by atoms with Crippen molar-refractivity contribution in [2.45, 2.75) is 25.1 Å². The van der Waals surface area contributed by atoms with Gasteiger partial charge in [-0.2, -0.15) is 18.3 Å². The van der Waals surface area contributed by atoms with Crippen molar-refractivity contribution < 1.29 is 22.7 Å². The molecule has 1 atom stereocenters. The SMILES string of the molecule is COc1ccc(-n2ncc(C(=O)NC[C@H](c3ccccc3)N3CCCC3)c2C(F)(F)F)nn1. The first-order chi connectivity index (χ1) is 15.9. The van der Waals surface area contributed by atoms with Crippen LogP contribution in [-0.2, 0) is 6.18 Å². The van der Waals surface area contributed by atoms with Gasteiger partial charge in [0.15, 0.2) is 11.5 Å². The van der Waals surface area contributed by atoms with E-state index >= 15 is 0 Å². The van der Waals surface area contributed by atoms with Crippen LogP contribution >= 0.6 is 0 Å². The minimum atomic E-state index is -4.83. The van der Waals surface area contributed by atoms with Gasteiger partial charge in [0.25, 0.3) is 5.91 Å². The van der Waals surface area contributed by atoms with E-state index < -0.39 is 23.3 Å². The van der Waals surface area contributed by atoms with Crippen LogP contribution in [0.2, 0.25) is 0 Å². The van der Waals surface area contributed by atoms with Crippen LogP contribution in [0.5, 0.6) is 5.88 Å². The molecule has 1 aliphatic rings. The van der Waals surface area contributed by atoms with Crippen LogP contribution in [-0.4, -0.2) is 57.5 Å². The van der Waals surface area contributed by atoms with Gasteiger partial charge in [-0.15, -0.1) is 10.2 Å². The minimum Gasteiger partial charge on any atom is -0.480 e. The van der Waals surface area contributed by atoms with E-state index in [9.17, 15) is 18.0 Å². The normalized spacial score (nSPS) is 15.4. The second-order valence-corrected chi connectivity index (χ2v) is 7.63. The van der Waals surface area contributed by atoms with Crippen LogP contribution in [0.15, 0.2) is 48.7 Å². The van der Waals surface area contributed by atoms with E-state index in [-0.39, 0.29) is 24.3 Å². The second-order valence-electron chi connectivity index (χ2n) is 7.63. The van der Waals surface area contributed by atoms with Gasteiger partial charge >= 0.3 is 6.18 Å². The Kier molecular flexibility index (Phi) is 6.59. The van der Waals surface area contributed by atoms with Crippen LogP contribution in [0.4, 0.5) is 13.2 Å². The molecule has 0 radical (unpaired) electrons. The first-order valence-corrected chi connectivity index (χ1v) is 10.5. The molecular formula is C22H23F3N6O2. The Morgan fingerprint density at radius 2 is 1.85 bits per heavy atom. The zero-order chi connectivity index (χ0) is 23.4. The maximum absolute atomic E-state index is 13.9. The average molecular weight is 460 g/mol. The molecule has 0 bridgehead atoms. The van der Waals surface area contributed by atoms with Crippen LogP contribution in [0.25, 0.3) is 5.82 Å². The quantitative estimate of drug-likeness (QED) is 0.583. The number of amides is 1. The van der Waals surface area contributed by atoms with Crippen molar-refractivity contribution in [3.05, 3.63) is 65.5 Å². The summed E-state index contributed by atoms with van der Waals surface area (Å²) in [4.78, 5) is 15.1. The minimum absolute atomic E-state index is 0.130. The lowest BCUT2D eigenvalue weighted by molar-refractivity contribution is -0.143. The summed E-state index contributed by atoms with van der Waals surface area (Å²) in [6.45, 7) is 1.92. The van der Waals surface area contributed by atoms with E-state index in [0.29, 0.717) is 4.68 Å². The largest absolute Gasteiger partial charge is 0.480 e. The van der Waals surface area contributed by atoms with Crippen molar-refractivity contribution in [2.75, 3.05) is 26.7 Å². The van der Waals surface area contributed by atoms with Crippen LogP contribution in [0.1, 0.15) is 40.5 Å². The van der Waals surface area contributed by atoms with Crippen LogP contribution in [0, 0.1) is 0 Å². The van der Waals surface area contributed by atoms with Crippen LogP contribution < -0.4 is 10.1 Å². The fraction of sp³-hybridized carbons (Fsp3) is 0.364. The molecule has 4 rings (SSSR count). The van der Waals surface area contributed by atoms with Gasteiger partial charge in [-0.1, -0.05) is 30.3 Å². The topological polar surface area (TPSA) is 85.2 Å². The molecule has 0 unspecified atom stereocenters. The summed E-state index contributed by atoms with van der Waals surface area (Å²) in [5.41, 5.74) is -0.787. The summed E-state index contributed by atoms with van der Waals surface area (Å²) < 4.78 is 47.2. The average Bonchev–Trinajstić information content (AvgIpc) is 3.50. The first-order valence-electron chi connectivity index (χ1n) is 10.5. The van der Waals surface area contributed by atoms with Gasteiger partial charge in [0.1, 0.15) is 0 Å². The molecule has 33 heavy (non-hydrogen) atoms. The second kappa shape index (κ2) is 9.57. The van der Waals surface area contributed by atoms with E-state index in [2.05, 4.69) is 25.5 Å². The molecule has 0 saturated carbocycles. The fourth-order valence-corrected chi connectivity index (χ4v) is 3.97. The Labute approximate surface area is 188 Å². The van der Waals surface area contributed by atoms with Crippen LogP contribution in [0.3, 0.4) is 0 Å². The Bertz CT molecular complexity index is 1080. The summed E-state index contributed by atoms with van der Waals surface area (Å²) in [7, 11) is 1.37. The third kappa shape index (κ3) is 4.98. The number of likely N-dealkylation sites (tertiary alicyclic amines) is 1. The smallest absolute Gasteiger partial charge is 0.434 e. The molecule has 1 saturated heterocycles. The highest BCUT2D eigenvalue weighted by Gasteiger charge is 2.41. The van der Waals surface area contributed by atoms with Crippen molar-refractivity contribution in [1.82, 2.24) is 30.2 Å². The number of nitrogens with zero attached hydrogens (tertiary/aromatic N) is 5. The molecule has 11 heteroatoms.